The van der Waals surface area contributed by atoms with Gasteiger partial charge in [0.1, 0.15) is 0 Å². The van der Waals surface area contributed by atoms with Gasteiger partial charge in [-0.05, 0) is 37.4 Å². The van der Waals surface area contributed by atoms with Crippen molar-refractivity contribution < 1.29 is 18.7 Å². The highest BCUT2D eigenvalue weighted by molar-refractivity contribution is 7.12. The Morgan fingerprint density at radius 3 is 2.62 bits per heavy atom. The number of ether oxygens (including phenoxy) is 1. The van der Waals surface area contributed by atoms with Crippen LogP contribution in [0, 0.1) is 6.92 Å². The standard InChI is InChI=1S/C19H18N2O4S/c1-12-5-7-14(8-6-12)19-21-20-18(25-19)13(2)24-17(23)10-9-15(22)16-4-3-11-26-16/h3-8,11,13H,9-10H2,1-2H3/t13-/m0/s1. The summed E-state index contributed by atoms with van der Waals surface area (Å²) in [4.78, 5) is 24.5. The minimum Gasteiger partial charge on any atom is -0.453 e. The van der Waals surface area contributed by atoms with Gasteiger partial charge in [-0.25, -0.2) is 0 Å². The van der Waals surface area contributed by atoms with Gasteiger partial charge in [-0.3, -0.25) is 9.59 Å². The van der Waals surface area contributed by atoms with Crippen molar-refractivity contribution in [2.24, 2.45) is 0 Å². The number of carbonyl (C=O) groups excluding carboxylic acids is 2. The Balaban J connectivity index is 1.54. The molecule has 0 aliphatic rings. The number of nitrogens with zero attached hydrogens (tertiary/aromatic N) is 2. The maximum atomic E-state index is 12.0. The molecule has 0 fully saturated rings. The molecule has 0 aliphatic carbocycles. The molecule has 26 heavy (non-hydrogen) atoms. The average molecular weight is 370 g/mol. The Kier molecular flexibility index (Phi) is 5.58. The Labute approximate surface area is 154 Å². The Bertz CT molecular complexity index is 885. The van der Waals surface area contributed by atoms with Gasteiger partial charge in [-0.15, -0.1) is 21.5 Å². The molecule has 0 aliphatic heterocycles. The van der Waals surface area contributed by atoms with Crippen molar-refractivity contribution in [2.75, 3.05) is 0 Å². The summed E-state index contributed by atoms with van der Waals surface area (Å²) < 4.78 is 10.9. The van der Waals surface area contributed by atoms with Crippen LogP contribution in [0.1, 0.15) is 47.0 Å². The molecule has 0 saturated heterocycles. The van der Waals surface area contributed by atoms with Crippen LogP contribution in [-0.2, 0) is 9.53 Å². The zero-order valence-corrected chi connectivity index (χ0v) is 15.3. The molecule has 0 bridgehead atoms. The van der Waals surface area contributed by atoms with Crippen LogP contribution in [-0.4, -0.2) is 21.9 Å². The lowest BCUT2D eigenvalue weighted by Gasteiger charge is -2.08. The predicted molar refractivity (Wildman–Crippen MR) is 96.9 cm³/mol. The predicted octanol–water partition coefficient (Wildman–Crippen LogP) is 4.37. The van der Waals surface area contributed by atoms with Crippen LogP contribution in [0.2, 0.25) is 0 Å². The summed E-state index contributed by atoms with van der Waals surface area (Å²) in [6.07, 6.45) is -0.545. The fourth-order valence-electron chi connectivity index (χ4n) is 2.29. The van der Waals surface area contributed by atoms with Gasteiger partial charge in [0.2, 0.25) is 5.89 Å². The largest absolute Gasteiger partial charge is 0.453 e. The van der Waals surface area contributed by atoms with Crippen molar-refractivity contribution in [3.63, 3.8) is 0 Å². The monoisotopic (exact) mass is 370 g/mol. The molecular formula is C19H18N2O4S. The molecule has 0 N–H and O–H groups in total. The zero-order valence-electron chi connectivity index (χ0n) is 14.5. The first-order valence-electron chi connectivity index (χ1n) is 8.19. The van der Waals surface area contributed by atoms with Gasteiger partial charge in [0.15, 0.2) is 11.9 Å². The summed E-state index contributed by atoms with van der Waals surface area (Å²) in [6.45, 7) is 3.65. The van der Waals surface area contributed by atoms with Crippen LogP contribution in [0.15, 0.2) is 46.2 Å². The molecule has 3 rings (SSSR count). The van der Waals surface area contributed by atoms with E-state index in [0.717, 1.165) is 11.1 Å². The van der Waals surface area contributed by atoms with Crippen LogP contribution in [0.4, 0.5) is 0 Å². The van der Waals surface area contributed by atoms with Gasteiger partial charge < -0.3 is 9.15 Å². The van der Waals surface area contributed by atoms with Crippen molar-refractivity contribution in [3.8, 4) is 11.5 Å². The first kappa shape index (κ1) is 18.0. The van der Waals surface area contributed by atoms with Gasteiger partial charge in [0, 0.05) is 12.0 Å². The second-order valence-corrected chi connectivity index (χ2v) is 6.79. The normalized spacial score (nSPS) is 11.9. The minimum atomic E-state index is -0.675. The van der Waals surface area contributed by atoms with Gasteiger partial charge in [0.25, 0.3) is 5.89 Å². The van der Waals surface area contributed by atoms with E-state index < -0.39 is 12.1 Å². The van der Waals surface area contributed by atoms with Crippen LogP contribution >= 0.6 is 11.3 Å². The number of carbonyl (C=O) groups is 2. The molecule has 0 radical (unpaired) electrons. The van der Waals surface area contributed by atoms with Gasteiger partial charge in [-0.2, -0.15) is 0 Å². The molecule has 6 nitrogen and oxygen atoms in total. The van der Waals surface area contributed by atoms with Crippen LogP contribution < -0.4 is 0 Å². The molecule has 7 heteroatoms. The number of hydrogen-bond donors (Lipinski definition) is 0. The molecule has 1 aromatic carbocycles. The Morgan fingerprint density at radius 2 is 1.92 bits per heavy atom. The molecule has 2 aromatic heterocycles. The van der Waals surface area contributed by atoms with E-state index in [2.05, 4.69) is 10.2 Å². The van der Waals surface area contributed by atoms with E-state index in [0.29, 0.717) is 10.8 Å². The molecule has 2 heterocycles. The third-order valence-electron chi connectivity index (χ3n) is 3.75. The highest BCUT2D eigenvalue weighted by atomic mass is 32.1. The number of thiophene rings is 1. The fraction of sp³-hybridized carbons (Fsp3) is 0.263. The van der Waals surface area contributed by atoms with E-state index in [-0.39, 0.29) is 24.5 Å². The molecule has 134 valence electrons. The molecule has 0 spiro atoms. The lowest BCUT2D eigenvalue weighted by atomic mass is 10.1. The lowest BCUT2D eigenvalue weighted by molar-refractivity contribution is -0.149. The number of aromatic nitrogens is 2. The van der Waals surface area contributed by atoms with Gasteiger partial charge >= 0.3 is 5.97 Å². The summed E-state index contributed by atoms with van der Waals surface area (Å²) in [6, 6.07) is 11.2. The van der Waals surface area contributed by atoms with Crippen molar-refractivity contribution in [1.82, 2.24) is 10.2 Å². The number of Topliss-reactive ketones (excluding diaryl/α,β-unsaturated/α-hetero) is 1. The summed E-state index contributed by atoms with van der Waals surface area (Å²) in [5.74, 6) is 0.0517. The van der Waals surface area contributed by atoms with E-state index in [9.17, 15) is 9.59 Å². The molecule has 3 aromatic rings. The number of ketones is 1. The summed E-state index contributed by atoms with van der Waals surface area (Å²) in [7, 11) is 0. The number of benzene rings is 1. The highest BCUT2D eigenvalue weighted by Gasteiger charge is 2.20. The molecule has 1 atom stereocenters. The summed E-state index contributed by atoms with van der Waals surface area (Å²) in [5.41, 5.74) is 1.93. The Hall–Kier alpha value is -2.80. The summed E-state index contributed by atoms with van der Waals surface area (Å²) in [5, 5.41) is 9.76. The van der Waals surface area contributed by atoms with Gasteiger partial charge in [-0.1, -0.05) is 23.8 Å². The lowest BCUT2D eigenvalue weighted by Crippen LogP contribution is -2.11. The smallest absolute Gasteiger partial charge is 0.307 e. The SMILES string of the molecule is Cc1ccc(-c2nnc([C@H](C)OC(=O)CCC(=O)c3cccs3)o2)cc1. The number of esters is 1. The van der Waals surface area contributed by atoms with Crippen molar-refractivity contribution >= 4 is 23.1 Å². The van der Waals surface area contributed by atoms with Crippen LogP contribution in [0.3, 0.4) is 0 Å². The quantitative estimate of drug-likeness (QED) is 0.453. The molecule has 0 amide bonds. The van der Waals surface area contributed by atoms with Crippen LogP contribution in [0.5, 0.6) is 0 Å². The average Bonchev–Trinajstić information content (AvgIpc) is 3.32. The Morgan fingerprint density at radius 1 is 1.15 bits per heavy atom. The second kappa shape index (κ2) is 8.05. The molecule has 0 saturated carbocycles. The fourth-order valence-corrected chi connectivity index (χ4v) is 2.99. The maximum Gasteiger partial charge on any atom is 0.307 e. The van der Waals surface area contributed by atoms with Crippen molar-refractivity contribution in [1.29, 1.82) is 0 Å². The van der Waals surface area contributed by atoms with E-state index in [4.69, 9.17) is 9.15 Å². The first-order chi connectivity index (χ1) is 12.5. The van der Waals surface area contributed by atoms with Crippen LogP contribution in [0.25, 0.3) is 11.5 Å². The molecular weight excluding hydrogens is 352 g/mol. The van der Waals surface area contributed by atoms with E-state index in [1.54, 1.807) is 19.1 Å². The van der Waals surface area contributed by atoms with E-state index in [1.807, 2.05) is 36.6 Å². The molecule has 0 unspecified atom stereocenters. The third-order valence-corrected chi connectivity index (χ3v) is 4.66. The van der Waals surface area contributed by atoms with Crippen molar-refractivity contribution in [2.45, 2.75) is 32.8 Å². The van der Waals surface area contributed by atoms with Crippen molar-refractivity contribution in [3.05, 3.63) is 58.1 Å². The third kappa shape index (κ3) is 4.43. The zero-order chi connectivity index (χ0) is 18.5. The topological polar surface area (TPSA) is 82.3 Å². The number of aryl methyl sites for hydroxylation is 1. The van der Waals surface area contributed by atoms with E-state index >= 15 is 0 Å². The van der Waals surface area contributed by atoms with E-state index in [1.165, 1.54) is 11.3 Å². The summed E-state index contributed by atoms with van der Waals surface area (Å²) >= 11 is 1.36. The minimum absolute atomic E-state index is 0.0139. The number of rotatable bonds is 7. The highest BCUT2D eigenvalue weighted by Crippen LogP contribution is 2.23. The second-order valence-electron chi connectivity index (χ2n) is 5.84. The first-order valence-corrected chi connectivity index (χ1v) is 9.07. The maximum absolute atomic E-state index is 12.0. The number of hydrogen-bond acceptors (Lipinski definition) is 7. The van der Waals surface area contributed by atoms with Gasteiger partial charge in [0.05, 0.1) is 11.3 Å².